The van der Waals surface area contributed by atoms with Crippen LogP contribution in [0, 0.1) is 5.92 Å². The van der Waals surface area contributed by atoms with Crippen molar-refractivity contribution in [2.24, 2.45) is 5.92 Å². The number of carbonyl (C=O) groups is 1. The van der Waals surface area contributed by atoms with Gasteiger partial charge in [0.1, 0.15) is 0 Å². The number of benzene rings is 1. The van der Waals surface area contributed by atoms with Gasteiger partial charge in [-0.2, -0.15) is 0 Å². The average Bonchev–Trinajstić information content (AvgIpc) is 2.48. The Morgan fingerprint density at radius 2 is 2.20 bits per heavy atom. The normalized spacial score (nSPS) is 22.5. The number of carbonyl (C=O) groups excluding carboxylic acids is 1. The van der Waals surface area contributed by atoms with Crippen LogP contribution in [0.4, 0.5) is 0 Å². The average molecular weight is 277 g/mol. The van der Waals surface area contributed by atoms with E-state index >= 15 is 0 Å². The van der Waals surface area contributed by atoms with E-state index in [0.29, 0.717) is 12.2 Å². The molecule has 0 saturated heterocycles. The maximum atomic E-state index is 12.3. The van der Waals surface area contributed by atoms with Crippen LogP contribution in [0.3, 0.4) is 0 Å². The van der Waals surface area contributed by atoms with Crippen molar-refractivity contribution in [1.29, 1.82) is 0 Å². The number of amides is 1. The van der Waals surface area contributed by atoms with Gasteiger partial charge in [0.25, 0.3) is 5.91 Å². The zero-order chi connectivity index (χ0) is 14.4. The van der Waals surface area contributed by atoms with Gasteiger partial charge in [-0.3, -0.25) is 4.79 Å². The predicted molar refractivity (Wildman–Crippen MR) is 77.5 cm³/mol. The van der Waals surface area contributed by atoms with Crippen molar-refractivity contribution in [2.75, 3.05) is 13.7 Å². The van der Waals surface area contributed by atoms with E-state index in [4.69, 9.17) is 4.74 Å². The summed E-state index contributed by atoms with van der Waals surface area (Å²) in [6, 6.07) is 7.57. The second-order valence-corrected chi connectivity index (χ2v) is 5.44. The molecule has 1 aliphatic rings. The molecule has 4 nitrogen and oxygen atoms in total. The van der Waals surface area contributed by atoms with Gasteiger partial charge >= 0.3 is 0 Å². The summed E-state index contributed by atoms with van der Waals surface area (Å²) in [6.07, 6.45) is 4.20. The van der Waals surface area contributed by atoms with Crippen LogP contribution in [0.2, 0.25) is 0 Å². The summed E-state index contributed by atoms with van der Waals surface area (Å²) in [7, 11) is 1.64. The van der Waals surface area contributed by atoms with Crippen molar-refractivity contribution in [3.05, 3.63) is 35.4 Å². The molecule has 0 bridgehead atoms. The van der Waals surface area contributed by atoms with Crippen LogP contribution in [0.25, 0.3) is 0 Å². The number of hydrogen-bond acceptors (Lipinski definition) is 3. The van der Waals surface area contributed by atoms with Gasteiger partial charge < -0.3 is 15.2 Å². The van der Waals surface area contributed by atoms with Gasteiger partial charge in [0.05, 0.1) is 6.61 Å². The highest BCUT2D eigenvalue weighted by atomic mass is 16.5. The fourth-order valence-corrected chi connectivity index (χ4v) is 2.84. The fraction of sp³-hybridized carbons (Fsp3) is 0.562. The van der Waals surface area contributed by atoms with Gasteiger partial charge in [-0.05, 0) is 30.5 Å². The summed E-state index contributed by atoms with van der Waals surface area (Å²) in [4.78, 5) is 12.3. The van der Waals surface area contributed by atoms with Crippen LogP contribution in [0.1, 0.15) is 41.6 Å². The molecule has 2 unspecified atom stereocenters. The molecule has 0 heterocycles. The molecule has 1 fully saturated rings. The Morgan fingerprint density at radius 3 is 2.95 bits per heavy atom. The molecule has 2 rings (SSSR count). The van der Waals surface area contributed by atoms with Gasteiger partial charge in [-0.25, -0.2) is 0 Å². The lowest BCUT2D eigenvalue weighted by atomic mass is 9.85. The first-order chi connectivity index (χ1) is 9.74. The van der Waals surface area contributed by atoms with E-state index in [1.165, 1.54) is 0 Å². The van der Waals surface area contributed by atoms with E-state index in [1.54, 1.807) is 7.11 Å². The Labute approximate surface area is 120 Å². The first-order valence-corrected chi connectivity index (χ1v) is 7.24. The minimum absolute atomic E-state index is 0.0618. The van der Waals surface area contributed by atoms with E-state index in [1.807, 2.05) is 24.3 Å². The zero-order valence-corrected chi connectivity index (χ0v) is 12.0. The van der Waals surface area contributed by atoms with Gasteiger partial charge in [0.15, 0.2) is 0 Å². The van der Waals surface area contributed by atoms with Gasteiger partial charge in [0.2, 0.25) is 0 Å². The molecule has 4 heteroatoms. The molecule has 1 aromatic rings. The lowest BCUT2D eigenvalue weighted by Crippen LogP contribution is -2.43. The quantitative estimate of drug-likeness (QED) is 0.866. The van der Waals surface area contributed by atoms with Gasteiger partial charge in [-0.15, -0.1) is 0 Å². The summed E-state index contributed by atoms with van der Waals surface area (Å²) in [6.45, 7) is 0.651. The molecule has 2 N–H and O–H groups in total. The Kier molecular flexibility index (Phi) is 5.56. The SMILES string of the molecule is COCc1cccc(C(=O)NC2CCCCC2CO)c1. The predicted octanol–water partition coefficient (Wildman–Crippen LogP) is 2.11. The zero-order valence-electron chi connectivity index (χ0n) is 12.0. The van der Waals surface area contributed by atoms with E-state index in [9.17, 15) is 9.90 Å². The number of hydrogen-bond donors (Lipinski definition) is 2. The molecule has 1 aromatic carbocycles. The number of aliphatic hydroxyl groups is 1. The summed E-state index contributed by atoms with van der Waals surface area (Å²) in [5.74, 6) is 0.128. The van der Waals surface area contributed by atoms with E-state index in [2.05, 4.69) is 5.32 Å². The molecule has 2 atom stereocenters. The molecule has 0 aliphatic heterocycles. The molecular formula is C16H23NO3. The first kappa shape index (κ1) is 15.0. The van der Waals surface area contributed by atoms with Crippen LogP contribution in [0.5, 0.6) is 0 Å². The molecule has 1 amide bonds. The summed E-state index contributed by atoms with van der Waals surface area (Å²) >= 11 is 0. The van der Waals surface area contributed by atoms with Crippen molar-refractivity contribution in [1.82, 2.24) is 5.32 Å². The Balaban J connectivity index is 2.01. The fourth-order valence-electron chi connectivity index (χ4n) is 2.84. The molecule has 1 aliphatic carbocycles. The second kappa shape index (κ2) is 7.41. The van der Waals surface area contributed by atoms with Crippen LogP contribution in [0.15, 0.2) is 24.3 Å². The third-order valence-electron chi connectivity index (χ3n) is 3.96. The Bertz CT molecular complexity index is 447. The summed E-state index contributed by atoms with van der Waals surface area (Å²) < 4.78 is 5.08. The molecule has 0 spiro atoms. The third kappa shape index (κ3) is 3.81. The molecule has 0 aromatic heterocycles. The van der Waals surface area contributed by atoms with E-state index < -0.39 is 0 Å². The number of ether oxygens (including phenoxy) is 1. The largest absolute Gasteiger partial charge is 0.396 e. The minimum Gasteiger partial charge on any atom is -0.396 e. The number of nitrogens with one attached hydrogen (secondary N) is 1. The Hall–Kier alpha value is -1.39. The van der Waals surface area contributed by atoms with Crippen molar-refractivity contribution in [3.8, 4) is 0 Å². The van der Waals surface area contributed by atoms with Crippen LogP contribution >= 0.6 is 0 Å². The number of aliphatic hydroxyl groups excluding tert-OH is 1. The highest BCUT2D eigenvalue weighted by Gasteiger charge is 2.26. The smallest absolute Gasteiger partial charge is 0.251 e. The number of methoxy groups -OCH3 is 1. The molecule has 1 saturated carbocycles. The van der Waals surface area contributed by atoms with E-state index in [-0.39, 0.29) is 24.5 Å². The van der Waals surface area contributed by atoms with Crippen molar-refractivity contribution < 1.29 is 14.6 Å². The van der Waals surface area contributed by atoms with Crippen molar-refractivity contribution >= 4 is 5.91 Å². The summed E-state index contributed by atoms with van der Waals surface area (Å²) in [5, 5.41) is 12.5. The maximum absolute atomic E-state index is 12.3. The van der Waals surface area contributed by atoms with E-state index in [0.717, 1.165) is 31.2 Å². The van der Waals surface area contributed by atoms with Gasteiger partial charge in [0, 0.05) is 31.2 Å². The molecular weight excluding hydrogens is 254 g/mol. The van der Waals surface area contributed by atoms with Crippen molar-refractivity contribution in [2.45, 2.75) is 38.3 Å². The molecule has 110 valence electrons. The standard InChI is InChI=1S/C16H23NO3/c1-20-11-12-5-4-7-13(9-12)16(19)17-15-8-3-2-6-14(15)10-18/h4-5,7,9,14-15,18H,2-3,6,8,10-11H2,1H3,(H,17,19). The Morgan fingerprint density at radius 1 is 1.40 bits per heavy atom. The highest BCUT2D eigenvalue weighted by Crippen LogP contribution is 2.24. The summed E-state index contributed by atoms with van der Waals surface area (Å²) in [5.41, 5.74) is 1.64. The van der Waals surface area contributed by atoms with Gasteiger partial charge in [-0.1, -0.05) is 25.0 Å². The first-order valence-electron chi connectivity index (χ1n) is 7.24. The lowest BCUT2D eigenvalue weighted by Gasteiger charge is -2.30. The second-order valence-electron chi connectivity index (χ2n) is 5.44. The lowest BCUT2D eigenvalue weighted by molar-refractivity contribution is 0.0872. The molecule has 20 heavy (non-hydrogen) atoms. The monoisotopic (exact) mass is 277 g/mol. The maximum Gasteiger partial charge on any atom is 0.251 e. The number of rotatable bonds is 5. The highest BCUT2D eigenvalue weighted by molar-refractivity contribution is 5.94. The van der Waals surface area contributed by atoms with Crippen molar-refractivity contribution in [3.63, 3.8) is 0 Å². The molecule has 0 radical (unpaired) electrons. The minimum atomic E-state index is -0.0618. The van der Waals surface area contributed by atoms with Crippen LogP contribution in [-0.2, 0) is 11.3 Å². The topological polar surface area (TPSA) is 58.6 Å². The van der Waals surface area contributed by atoms with Crippen LogP contribution < -0.4 is 5.32 Å². The van der Waals surface area contributed by atoms with Crippen LogP contribution in [-0.4, -0.2) is 30.8 Å². The third-order valence-corrected chi connectivity index (χ3v) is 3.96.